The first-order valence-electron chi connectivity index (χ1n) is 14.6. The fourth-order valence-electron chi connectivity index (χ4n) is 4.38. The van der Waals surface area contributed by atoms with E-state index in [1.165, 1.54) is 24.3 Å². The Morgan fingerprint density at radius 3 is 1.96 bits per heavy atom. The Labute approximate surface area is 269 Å². The van der Waals surface area contributed by atoms with Crippen molar-refractivity contribution in [3.63, 3.8) is 0 Å². The van der Waals surface area contributed by atoms with Crippen molar-refractivity contribution < 1.29 is 59.0 Å². The fourth-order valence-corrected chi connectivity index (χ4v) is 4.38. The SMILES string of the molecule is NC(=O)CC[C@H](NC(=O)c1ccc(O[C@@H]2O[C@H](CO)[C@H](O)[C@H](O)[C@H]2O)cc1)C(=O)N[C@@H](CCCNC(N)N)C(=O)N[C@@H](CO)C(N)=O. The molecule has 1 aliphatic rings. The summed E-state index contributed by atoms with van der Waals surface area (Å²) in [6.45, 7) is -1.21. The van der Waals surface area contributed by atoms with Gasteiger partial charge in [-0.3, -0.25) is 29.3 Å². The van der Waals surface area contributed by atoms with Crippen molar-refractivity contribution in [2.75, 3.05) is 19.8 Å². The maximum Gasteiger partial charge on any atom is 0.251 e. The molecule has 17 N–H and O–H groups in total. The van der Waals surface area contributed by atoms with Gasteiger partial charge in [0.2, 0.25) is 29.9 Å². The van der Waals surface area contributed by atoms with Crippen LogP contribution in [0.2, 0.25) is 0 Å². The van der Waals surface area contributed by atoms with E-state index in [2.05, 4.69) is 21.3 Å². The molecule has 1 saturated heterocycles. The van der Waals surface area contributed by atoms with Gasteiger partial charge in [-0.2, -0.15) is 0 Å². The van der Waals surface area contributed by atoms with E-state index in [1.807, 2.05) is 0 Å². The normalized spacial score (nSPS) is 22.9. The molecule has 20 nitrogen and oxygen atoms in total. The lowest BCUT2D eigenvalue weighted by molar-refractivity contribution is -0.277. The van der Waals surface area contributed by atoms with Crippen LogP contribution in [0.1, 0.15) is 36.0 Å². The molecule has 1 aromatic carbocycles. The molecular formula is C27H44N8O12. The van der Waals surface area contributed by atoms with E-state index in [0.29, 0.717) is 0 Å². The Balaban J connectivity index is 2.16. The van der Waals surface area contributed by atoms with E-state index in [0.717, 1.165) is 0 Å². The quantitative estimate of drug-likeness (QED) is 0.0480. The number of hydrogen-bond donors (Lipinski definition) is 13. The van der Waals surface area contributed by atoms with Crippen molar-refractivity contribution in [1.82, 2.24) is 21.3 Å². The van der Waals surface area contributed by atoms with Crippen LogP contribution in [0.3, 0.4) is 0 Å². The topological polar surface area (TPSA) is 357 Å². The number of benzene rings is 1. The monoisotopic (exact) mass is 672 g/mol. The van der Waals surface area contributed by atoms with Gasteiger partial charge in [0.25, 0.3) is 5.91 Å². The van der Waals surface area contributed by atoms with Gasteiger partial charge in [0.05, 0.1) is 13.2 Å². The van der Waals surface area contributed by atoms with Crippen LogP contribution in [0.15, 0.2) is 24.3 Å². The zero-order valence-corrected chi connectivity index (χ0v) is 25.4. The molecule has 5 amide bonds. The Morgan fingerprint density at radius 1 is 0.830 bits per heavy atom. The molecule has 0 spiro atoms. The standard InChI is InChI=1S/C27H44N8O12/c28-18(38)8-7-15(25(45)34-14(2-1-9-32-27(30)31)24(44)35-16(10-36)22(29)42)33-23(43)12-3-5-13(6-4-12)46-26-21(41)20(40)19(39)17(11-37)47-26/h3-6,14-17,19-21,26-27,32,36-37,39-41H,1-2,7-11,30-31H2,(H2,28,38)(H2,29,42)(H,33,43)(H,34,45)(H,35,44)/t14-,15-,16-,17+,19-,20-,21+,26+/m0/s1. The van der Waals surface area contributed by atoms with Gasteiger partial charge in [-0.25, -0.2) is 0 Å². The number of carbonyl (C=O) groups excluding carboxylic acids is 5. The first kappa shape index (κ1) is 39.2. The largest absolute Gasteiger partial charge is 0.462 e. The number of rotatable bonds is 19. The minimum absolute atomic E-state index is 0.000592. The molecule has 0 aliphatic carbocycles. The molecule has 1 heterocycles. The van der Waals surface area contributed by atoms with Crippen LogP contribution in [0.5, 0.6) is 5.75 Å². The van der Waals surface area contributed by atoms with Crippen molar-refractivity contribution in [3.05, 3.63) is 29.8 Å². The molecule has 8 atom stereocenters. The molecule has 0 radical (unpaired) electrons. The highest BCUT2D eigenvalue weighted by Gasteiger charge is 2.44. The van der Waals surface area contributed by atoms with Crippen LogP contribution >= 0.6 is 0 Å². The third-order valence-electron chi connectivity index (χ3n) is 7.04. The summed E-state index contributed by atoms with van der Waals surface area (Å²) in [6.07, 6.45) is -8.70. The molecule has 0 bridgehead atoms. The Morgan fingerprint density at radius 2 is 1.43 bits per heavy atom. The maximum absolute atomic E-state index is 13.3. The molecule has 20 heteroatoms. The highest BCUT2D eigenvalue weighted by Crippen LogP contribution is 2.24. The molecular weight excluding hydrogens is 628 g/mol. The number of hydrogen-bond acceptors (Lipinski definition) is 15. The zero-order valence-electron chi connectivity index (χ0n) is 25.4. The van der Waals surface area contributed by atoms with Crippen LogP contribution < -0.4 is 48.9 Å². The molecule has 0 saturated carbocycles. The summed E-state index contributed by atoms with van der Waals surface area (Å²) < 4.78 is 10.8. The summed E-state index contributed by atoms with van der Waals surface area (Å²) in [5.74, 6) is -4.21. The highest BCUT2D eigenvalue weighted by molar-refractivity contribution is 5.99. The van der Waals surface area contributed by atoms with Crippen LogP contribution in [-0.4, -0.2) is 130 Å². The third-order valence-corrected chi connectivity index (χ3v) is 7.04. The number of primary amides is 2. The maximum atomic E-state index is 13.3. The molecule has 2 rings (SSSR count). The fraction of sp³-hybridized carbons (Fsp3) is 0.593. The number of amides is 5. The minimum Gasteiger partial charge on any atom is -0.462 e. The molecule has 47 heavy (non-hydrogen) atoms. The third kappa shape index (κ3) is 12.3. The molecule has 0 aromatic heterocycles. The summed E-state index contributed by atoms with van der Waals surface area (Å²) in [4.78, 5) is 62.3. The van der Waals surface area contributed by atoms with Crippen molar-refractivity contribution in [2.45, 2.75) is 80.8 Å². The zero-order chi connectivity index (χ0) is 35.3. The van der Waals surface area contributed by atoms with Gasteiger partial charge in [0.1, 0.15) is 54.6 Å². The van der Waals surface area contributed by atoms with Crippen molar-refractivity contribution in [2.24, 2.45) is 22.9 Å². The second kappa shape index (κ2) is 19.0. The van der Waals surface area contributed by atoms with E-state index in [9.17, 15) is 49.5 Å². The second-order valence-corrected chi connectivity index (χ2v) is 10.7. The lowest BCUT2D eigenvalue weighted by atomic mass is 9.99. The van der Waals surface area contributed by atoms with E-state index in [-0.39, 0.29) is 43.5 Å². The molecule has 0 unspecified atom stereocenters. The van der Waals surface area contributed by atoms with E-state index in [1.54, 1.807) is 0 Å². The number of aliphatic hydroxyl groups excluding tert-OH is 5. The first-order chi connectivity index (χ1) is 22.2. The lowest BCUT2D eigenvalue weighted by Gasteiger charge is -2.39. The van der Waals surface area contributed by atoms with Gasteiger partial charge >= 0.3 is 0 Å². The Bertz CT molecular complexity index is 1200. The smallest absolute Gasteiger partial charge is 0.251 e. The predicted molar refractivity (Wildman–Crippen MR) is 160 cm³/mol. The van der Waals surface area contributed by atoms with Crippen LogP contribution in [0.25, 0.3) is 0 Å². The van der Waals surface area contributed by atoms with Gasteiger partial charge in [0, 0.05) is 12.0 Å². The summed E-state index contributed by atoms with van der Waals surface area (Å²) >= 11 is 0. The Kier molecular flexibility index (Phi) is 15.8. The number of ether oxygens (including phenoxy) is 2. The first-order valence-corrected chi connectivity index (χ1v) is 14.6. The van der Waals surface area contributed by atoms with Gasteiger partial charge in [-0.15, -0.1) is 0 Å². The average Bonchev–Trinajstić information content (AvgIpc) is 3.03. The van der Waals surface area contributed by atoms with Crippen molar-refractivity contribution in [1.29, 1.82) is 0 Å². The van der Waals surface area contributed by atoms with Gasteiger partial charge in [-0.05, 0) is 50.1 Å². The highest BCUT2D eigenvalue weighted by atomic mass is 16.7. The van der Waals surface area contributed by atoms with Crippen LogP contribution in [0.4, 0.5) is 0 Å². The molecule has 1 fully saturated rings. The number of carbonyl (C=O) groups is 5. The van der Waals surface area contributed by atoms with E-state index in [4.69, 9.17) is 32.4 Å². The van der Waals surface area contributed by atoms with Crippen molar-refractivity contribution >= 4 is 29.5 Å². The van der Waals surface area contributed by atoms with E-state index >= 15 is 0 Å². The number of nitrogens with one attached hydrogen (secondary N) is 4. The summed E-state index contributed by atoms with van der Waals surface area (Å²) in [5.41, 5.74) is 21.3. The lowest BCUT2D eigenvalue weighted by Crippen LogP contribution is -2.60. The Hall–Kier alpha value is -3.99. The van der Waals surface area contributed by atoms with Crippen LogP contribution in [0, 0.1) is 0 Å². The van der Waals surface area contributed by atoms with Gasteiger partial charge in [0.15, 0.2) is 0 Å². The van der Waals surface area contributed by atoms with E-state index < -0.39 is 97.9 Å². The predicted octanol–water partition coefficient (Wildman–Crippen LogP) is -6.75. The average molecular weight is 673 g/mol. The van der Waals surface area contributed by atoms with Crippen molar-refractivity contribution in [3.8, 4) is 5.75 Å². The number of nitrogens with two attached hydrogens (primary N) is 4. The number of aliphatic hydroxyl groups is 5. The summed E-state index contributed by atoms with van der Waals surface area (Å²) in [6, 6.07) is 1.13. The van der Waals surface area contributed by atoms with Gasteiger partial charge in [-0.1, -0.05) is 0 Å². The summed E-state index contributed by atoms with van der Waals surface area (Å²) in [5, 5.41) is 58.7. The molecule has 264 valence electrons. The van der Waals surface area contributed by atoms with Gasteiger partial charge < -0.3 is 73.9 Å². The summed E-state index contributed by atoms with van der Waals surface area (Å²) in [7, 11) is 0. The second-order valence-electron chi connectivity index (χ2n) is 10.7. The van der Waals surface area contributed by atoms with Crippen LogP contribution in [-0.2, 0) is 23.9 Å². The minimum atomic E-state index is -1.66. The molecule has 1 aliphatic heterocycles. The molecule has 1 aromatic rings.